The minimum Gasteiger partial charge on any atom is -0.481 e. The second kappa shape index (κ2) is 12.9. The molecule has 4 aliphatic rings. The first kappa shape index (κ1) is 31.8. The highest BCUT2D eigenvalue weighted by Gasteiger charge is 2.60. The summed E-state index contributed by atoms with van der Waals surface area (Å²) in [5, 5.41) is 21.6. The number of primary amides is 1. The van der Waals surface area contributed by atoms with E-state index in [1.54, 1.807) is 0 Å². The van der Waals surface area contributed by atoms with Crippen LogP contribution in [0, 0.1) is 23.2 Å². The number of nitrogens with one attached hydrogen (secondary N) is 5. The summed E-state index contributed by atoms with van der Waals surface area (Å²) in [5.74, 6) is -4.02. The zero-order valence-corrected chi connectivity index (χ0v) is 23.8. The van der Waals surface area contributed by atoms with Gasteiger partial charge in [-0.15, -0.1) is 0 Å². The van der Waals surface area contributed by atoms with Gasteiger partial charge in [0.1, 0.15) is 12.1 Å². The first-order chi connectivity index (χ1) is 19.1. The molecule has 6 amide bonds. The number of carboxylic acids is 1. The number of amides is 6. The molecule has 6 atom stereocenters. The Morgan fingerprint density at radius 2 is 1.46 bits per heavy atom. The lowest BCUT2D eigenvalue weighted by Crippen LogP contribution is -2.67. The van der Waals surface area contributed by atoms with Crippen LogP contribution < -0.4 is 32.3 Å². The van der Waals surface area contributed by atoms with Crippen LogP contribution in [0.1, 0.15) is 72.1 Å². The molecular formula is C27H42N6O8. The summed E-state index contributed by atoms with van der Waals surface area (Å²) in [7, 11) is 0. The first-order valence-corrected chi connectivity index (χ1v) is 14.1. The van der Waals surface area contributed by atoms with Crippen molar-refractivity contribution >= 4 is 41.4 Å². The molecule has 14 nitrogen and oxygen atoms in total. The van der Waals surface area contributed by atoms with Gasteiger partial charge in [0.15, 0.2) is 0 Å². The highest BCUT2D eigenvalue weighted by atomic mass is 16.4. The molecule has 8 N–H and O–H groups in total. The molecule has 0 aromatic heterocycles. The first-order valence-electron chi connectivity index (χ1n) is 14.1. The molecule has 4 aliphatic carbocycles. The van der Waals surface area contributed by atoms with Gasteiger partial charge in [0.2, 0.25) is 35.4 Å². The molecule has 0 radical (unpaired) electrons. The van der Waals surface area contributed by atoms with E-state index in [0.29, 0.717) is 24.7 Å². The van der Waals surface area contributed by atoms with Crippen LogP contribution in [-0.2, 0) is 33.6 Å². The Labute approximate surface area is 238 Å². The standard InChI is InChI=1S/C27H42N6O8/c1-14(2)4-18(24(40)33-27-9-16-5-17(10-27)8-26(7-16,13-27)25(28)41)32-21(36)12-29-20(35)11-30-23(39)19(6-22(37)38)31-15(3)34/h14,16-19H,4-13H2,1-3H3,(H2,28,41)(H,29,35)(H,30,39)(H,31,34)(H,32,36)(H,33,40)(H,37,38)/t16-,17+,18-,19-,26?,27?/m0/s1. The molecule has 4 bridgehead atoms. The lowest BCUT2D eigenvalue weighted by Gasteiger charge is -2.61. The molecule has 4 saturated carbocycles. The van der Waals surface area contributed by atoms with Gasteiger partial charge in [0.25, 0.3) is 0 Å². The fourth-order valence-electron chi connectivity index (χ4n) is 7.16. The van der Waals surface area contributed by atoms with Gasteiger partial charge in [-0.05, 0) is 62.7 Å². The Morgan fingerprint density at radius 3 is 2.00 bits per heavy atom. The van der Waals surface area contributed by atoms with Gasteiger partial charge < -0.3 is 37.4 Å². The van der Waals surface area contributed by atoms with Gasteiger partial charge in [0, 0.05) is 12.5 Å². The molecule has 0 spiro atoms. The van der Waals surface area contributed by atoms with Gasteiger partial charge in [-0.3, -0.25) is 33.6 Å². The summed E-state index contributed by atoms with van der Waals surface area (Å²) in [4.78, 5) is 85.0. The zero-order valence-electron chi connectivity index (χ0n) is 23.8. The quantitative estimate of drug-likeness (QED) is 0.130. The van der Waals surface area contributed by atoms with Gasteiger partial charge in [-0.2, -0.15) is 0 Å². The van der Waals surface area contributed by atoms with E-state index in [1.807, 2.05) is 13.8 Å². The molecule has 4 rings (SSSR count). The van der Waals surface area contributed by atoms with E-state index in [-0.39, 0.29) is 17.7 Å². The smallest absolute Gasteiger partial charge is 0.305 e. The molecule has 4 fully saturated rings. The summed E-state index contributed by atoms with van der Waals surface area (Å²) in [5.41, 5.74) is 4.69. The highest BCUT2D eigenvalue weighted by molar-refractivity contribution is 5.94. The van der Waals surface area contributed by atoms with Crippen LogP contribution in [0.15, 0.2) is 0 Å². The third-order valence-electron chi connectivity index (χ3n) is 8.27. The van der Waals surface area contributed by atoms with Crippen molar-refractivity contribution < 1.29 is 38.7 Å². The normalized spacial score (nSPS) is 27.3. The maximum Gasteiger partial charge on any atom is 0.305 e. The van der Waals surface area contributed by atoms with Crippen molar-refractivity contribution in [2.75, 3.05) is 13.1 Å². The van der Waals surface area contributed by atoms with Crippen LogP contribution in [0.5, 0.6) is 0 Å². The van der Waals surface area contributed by atoms with Crippen molar-refractivity contribution in [1.29, 1.82) is 0 Å². The second-order valence-electron chi connectivity index (χ2n) is 12.5. The van der Waals surface area contributed by atoms with Gasteiger partial charge >= 0.3 is 5.97 Å². The minimum atomic E-state index is -1.36. The average molecular weight is 579 g/mol. The maximum absolute atomic E-state index is 13.5. The topological polar surface area (TPSA) is 226 Å². The van der Waals surface area contributed by atoms with E-state index in [1.165, 1.54) is 0 Å². The summed E-state index contributed by atoms with van der Waals surface area (Å²) in [6.45, 7) is 3.95. The summed E-state index contributed by atoms with van der Waals surface area (Å²) >= 11 is 0. The minimum absolute atomic E-state index is 0.0755. The predicted octanol–water partition coefficient (Wildman–Crippen LogP) is -1.33. The third-order valence-corrected chi connectivity index (χ3v) is 8.27. The van der Waals surface area contributed by atoms with E-state index in [9.17, 15) is 33.6 Å². The van der Waals surface area contributed by atoms with Gasteiger partial charge in [0.05, 0.1) is 24.9 Å². The van der Waals surface area contributed by atoms with E-state index in [2.05, 4.69) is 26.6 Å². The van der Waals surface area contributed by atoms with Crippen LogP contribution in [0.2, 0.25) is 0 Å². The molecule has 0 aromatic carbocycles. The number of nitrogens with two attached hydrogens (primary N) is 1. The fourth-order valence-corrected chi connectivity index (χ4v) is 7.16. The van der Waals surface area contributed by atoms with Crippen LogP contribution >= 0.6 is 0 Å². The number of carbonyl (C=O) groups excluding carboxylic acids is 6. The van der Waals surface area contributed by atoms with E-state index in [4.69, 9.17) is 10.8 Å². The number of carbonyl (C=O) groups is 7. The Balaban J connectivity index is 1.53. The lowest BCUT2D eigenvalue weighted by atomic mass is 9.46. The predicted molar refractivity (Wildman–Crippen MR) is 144 cm³/mol. The highest BCUT2D eigenvalue weighted by Crippen LogP contribution is 2.61. The van der Waals surface area contributed by atoms with Crippen molar-refractivity contribution in [3.8, 4) is 0 Å². The molecule has 14 heteroatoms. The van der Waals surface area contributed by atoms with Crippen LogP contribution in [-0.4, -0.2) is 77.2 Å². The summed E-state index contributed by atoms with van der Waals surface area (Å²) in [6, 6.07) is -2.21. The van der Waals surface area contributed by atoms with Crippen LogP contribution in [0.4, 0.5) is 0 Å². The van der Waals surface area contributed by atoms with Crippen molar-refractivity contribution in [2.45, 2.75) is 89.8 Å². The van der Waals surface area contributed by atoms with Crippen molar-refractivity contribution in [3.05, 3.63) is 0 Å². The Hall–Kier alpha value is -3.71. The van der Waals surface area contributed by atoms with Crippen molar-refractivity contribution in [1.82, 2.24) is 26.6 Å². The fraction of sp³-hybridized carbons (Fsp3) is 0.741. The maximum atomic E-state index is 13.5. The van der Waals surface area contributed by atoms with Crippen molar-refractivity contribution in [3.63, 3.8) is 0 Å². The average Bonchev–Trinajstić information content (AvgIpc) is 2.83. The number of rotatable bonds is 14. The largest absolute Gasteiger partial charge is 0.481 e. The molecule has 0 saturated heterocycles. The molecule has 0 aliphatic heterocycles. The monoisotopic (exact) mass is 578 g/mol. The number of hydrogen-bond donors (Lipinski definition) is 7. The molecule has 228 valence electrons. The molecule has 41 heavy (non-hydrogen) atoms. The Kier molecular flexibility index (Phi) is 9.98. The third kappa shape index (κ3) is 8.40. The van der Waals surface area contributed by atoms with Gasteiger partial charge in [-0.25, -0.2) is 0 Å². The molecule has 0 heterocycles. The number of carboxylic acid groups (broad SMARTS) is 1. The van der Waals surface area contributed by atoms with Gasteiger partial charge in [-0.1, -0.05) is 13.8 Å². The van der Waals surface area contributed by atoms with E-state index >= 15 is 0 Å². The van der Waals surface area contributed by atoms with E-state index in [0.717, 1.165) is 39.0 Å². The molecular weight excluding hydrogens is 536 g/mol. The lowest BCUT2D eigenvalue weighted by molar-refractivity contribution is -0.151. The van der Waals surface area contributed by atoms with Crippen LogP contribution in [0.25, 0.3) is 0 Å². The SMILES string of the molecule is CC(=O)N[C@@H](CC(=O)O)C(=O)NCC(=O)NCC(=O)N[C@@H](CC(C)C)C(=O)NC12C[C@H]3C[C@@H](C1)CC(C(N)=O)(C3)C2. The van der Waals surface area contributed by atoms with Crippen LogP contribution in [0.3, 0.4) is 0 Å². The summed E-state index contributed by atoms with van der Waals surface area (Å²) < 4.78 is 0. The molecule has 2 unspecified atom stereocenters. The zero-order chi connectivity index (χ0) is 30.5. The Bertz CT molecular complexity index is 1060. The number of hydrogen-bond acceptors (Lipinski definition) is 7. The summed E-state index contributed by atoms with van der Waals surface area (Å²) in [6.07, 6.45) is 4.32. The van der Waals surface area contributed by atoms with Crippen molar-refractivity contribution in [2.24, 2.45) is 28.9 Å². The Morgan fingerprint density at radius 1 is 0.854 bits per heavy atom. The van der Waals surface area contributed by atoms with E-state index < -0.39 is 72.1 Å². The number of aliphatic carboxylic acids is 1. The molecule has 0 aromatic rings. The second-order valence-corrected chi connectivity index (χ2v) is 12.5.